The molecule has 1 N–H and O–H groups in total. The Labute approximate surface area is 154 Å². The molecule has 0 saturated carbocycles. The highest BCUT2D eigenvalue weighted by Crippen LogP contribution is 2.27. The van der Waals surface area contributed by atoms with E-state index in [1.54, 1.807) is 24.4 Å². The molecule has 23 heavy (non-hydrogen) atoms. The molecule has 3 rings (SSSR count). The molecule has 0 radical (unpaired) electrons. The zero-order valence-electron chi connectivity index (χ0n) is 12.2. The van der Waals surface area contributed by atoms with Gasteiger partial charge in [-0.15, -0.1) is 12.4 Å². The standard InChI is InChI=1S/C16H15BrClN3O.ClH/c17-14-8-12(18)3-4-13(14)16(22)21-7-6-20-10-15(21)11-2-1-5-19-9-11;/h1-5,8-9,15,20H,6-7,10H2;1H. The fourth-order valence-corrected chi connectivity index (χ4v) is 3.49. The predicted molar refractivity (Wildman–Crippen MR) is 97.3 cm³/mol. The van der Waals surface area contributed by atoms with Gasteiger partial charge < -0.3 is 10.2 Å². The molecule has 0 spiro atoms. The highest BCUT2D eigenvalue weighted by atomic mass is 79.9. The monoisotopic (exact) mass is 415 g/mol. The van der Waals surface area contributed by atoms with Crippen molar-refractivity contribution in [2.24, 2.45) is 0 Å². The van der Waals surface area contributed by atoms with Gasteiger partial charge in [-0.2, -0.15) is 0 Å². The Bertz CT molecular complexity index is 684. The highest BCUT2D eigenvalue weighted by Gasteiger charge is 2.29. The quantitative estimate of drug-likeness (QED) is 0.811. The fraction of sp³-hybridized carbons (Fsp3) is 0.250. The van der Waals surface area contributed by atoms with Crippen LogP contribution in [-0.2, 0) is 0 Å². The average molecular weight is 417 g/mol. The Morgan fingerprint density at radius 1 is 1.39 bits per heavy atom. The summed E-state index contributed by atoms with van der Waals surface area (Å²) in [5.74, 6) is -0.00102. The molecule has 2 heterocycles. The lowest BCUT2D eigenvalue weighted by molar-refractivity contribution is 0.0633. The minimum Gasteiger partial charge on any atom is -0.329 e. The Morgan fingerprint density at radius 2 is 2.22 bits per heavy atom. The van der Waals surface area contributed by atoms with Gasteiger partial charge >= 0.3 is 0 Å². The first kappa shape index (κ1) is 18.2. The summed E-state index contributed by atoms with van der Waals surface area (Å²) in [5.41, 5.74) is 1.66. The first-order valence-corrected chi connectivity index (χ1v) is 8.20. The van der Waals surface area contributed by atoms with Crippen LogP contribution >= 0.6 is 39.9 Å². The third-order valence-electron chi connectivity index (χ3n) is 3.73. The number of carbonyl (C=O) groups excluding carboxylic acids is 1. The van der Waals surface area contributed by atoms with E-state index in [-0.39, 0.29) is 24.4 Å². The zero-order valence-corrected chi connectivity index (χ0v) is 15.4. The minimum absolute atomic E-state index is 0. The van der Waals surface area contributed by atoms with Crippen molar-refractivity contribution < 1.29 is 4.79 Å². The van der Waals surface area contributed by atoms with E-state index in [0.717, 1.165) is 18.7 Å². The highest BCUT2D eigenvalue weighted by molar-refractivity contribution is 9.10. The van der Waals surface area contributed by atoms with Crippen LogP contribution in [0.2, 0.25) is 5.02 Å². The number of halogens is 3. The van der Waals surface area contributed by atoms with E-state index >= 15 is 0 Å². The molecule has 1 aromatic heterocycles. The van der Waals surface area contributed by atoms with Crippen LogP contribution < -0.4 is 5.32 Å². The molecule has 0 bridgehead atoms. The molecule has 4 nitrogen and oxygen atoms in total. The van der Waals surface area contributed by atoms with Crippen molar-refractivity contribution in [1.82, 2.24) is 15.2 Å². The van der Waals surface area contributed by atoms with Gasteiger partial charge in [0, 0.05) is 41.5 Å². The molecule has 122 valence electrons. The Hall–Kier alpha value is -1.14. The lowest BCUT2D eigenvalue weighted by Gasteiger charge is -2.36. The summed E-state index contributed by atoms with van der Waals surface area (Å²) in [5, 5.41) is 3.94. The Balaban J connectivity index is 0.00000192. The second-order valence-corrected chi connectivity index (χ2v) is 6.42. The van der Waals surface area contributed by atoms with Gasteiger partial charge in [0.05, 0.1) is 11.6 Å². The molecule has 1 aliphatic rings. The van der Waals surface area contributed by atoms with Gasteiger partial charge in [0.15, 0.2) is 0 Å². The van der Waals surface area contributed by atoms with Gasteiger partial charge in [-0.05, 0) is 45.8 Å². The van der Waals surface area contributed by atoms with Crippen molar-refractivity contribution in [1.29, 1.82) is 0 Å². The van der Waals surface area contributed by atoms with E-state index < -0.39 is 0 Å². The molecule has 2 aromatic rings. The van der Waals surface area contributed by atoms with Gasteiger partial charge in [-0.25, -0.2) is 0 Å². The zero-order chi connectivity index (χ0) is 15.5. The molecule has 1 saturated heterocycles. The number of amides is 1. The molecular weight excluding hydrogens is 401 g/mol. The summed E-state index contributed by atoms with van der Waals surface area (Å²) in [4.78, 5) is 19.0. The molecule has 7 heteroatoms. The SMILES string of the molecule is Cl.O=C(c1ccc(Cl)cc1Br)N1CCNCC1c1cccnc1. The second-order valence-electron chi connectivity index (χ2n) is 5.13. The number of piperazine rings is 1. The molecule has 1 fully saturated rings. The summed E-state index contributed by atoms with van der Waals surface area (Å²) >= 11 is 9.39. The first-order chi connectivity index (χ1) is 10.7. The lowest BCUT2D eigenvalue weighted by atomic mass is 10.0. The smallest absolute Gasteiger partial charge is 0.255 e. The molecular formula is C16H16BrCl2N3O. The lowest BCUT2D eigenvalue weighted by Crippen LogP contribution is -2.48. The van der Waals surface area contributed by atoms with E-state index in [1.807, 2.05) is 23.2 Å². The molecule has 0 aliphatic carbocycles. The summed E-state index contributed by atoms with van der Waals surface area (Å²) in [7, 11) is 0. The maximum Gasteiger partial charge on any atom is 0.255 e. The van der Waals surface area contributed by atoms with E-state index in [0.29, 0.717) is 21.6 Å². The van der Waals surface area contributed by atoms with Gasteiger partial charge in [-0.3, -0.25) is 9.78 Å². The number of carbonyl (C=O) groups is 1. The maximum atomic E-state index is 12.9. The summed E-state index contributed by atoms with van der Waals surface area (Å²) in [6, 6.07) is 9.12. The van der Waals surface area contributed by atoms with Gasteiger partial charge in [0.25, 0.3) is 5.91 Å². The molecule has 1 amide bonds. The van der Waals surface area contributed by atoms with Crippen LogP contribution in [-0.4, -0.2) is 35.4 Å². The van der Waals surface area contributed by atoms with Crippen molar-refractivity contribution in [3.63, 3.8) is 0 Å². The number of nitrogens with one attached hydrogen (secondary N) is 1. The molecule has 1 aliphatic heterocycles. The van der Waals surface area contributed by atoms with Gasteiger partial charge in [0.2, 0.25) is 0 Å². The van der Waals surface area contributed by atoms with E-state index in [1.165, 1.54) is 0 Å². The van der Waals surface area contributed by atoms with Crippen molar-refractivity contribution in [2.45, 2.75) is 6.04 Å². The molecule has 1 aromatic carbocycles. The van der Waals surface area contributed by atoms with Crippen LogP contribution in [0.25, 0.3) is 0 Å². The van der Waals surface area contributed by atoms with E-state index in [4.69, 9.17) is 11.6 Å². The number of benzene rings is 1. The number of hydrogen-bond donors (Lipinski definition) is 1. The minimum atomic E-state index is -0.0162. The maximum absolute atomic E-state index is 12.9. The largest absolute Gasteiger partial charge is 0.329 e. The van der Waals surface area contributed by atoms with Crippen molar-refractivity contribution in [3.8, 4) is 0 Å². The number of rotatable bonds is 2. The van der Waals surface area contributed by atoms with Crippen molar-refractivity contribution in [3.05, 3.63) is 63.3 Å². The molecule has 1 atom stereocenters. The van der Waals surface area contributed by atoms with Crippen LogP contribution in [0.4, 0.5) is 0 Å². The van der Waals surface area contributed by atoms with Crippen LogP contribution in [0.5, 0.6) is 0 Å². The van der Waals surface area contributed by atoms with Gasteiger partial charge in [-0.1, -0.05) is 17.7 Å². The first-order valence-electron chi connectivity index (χ1n) is 7.03. The summed E-state index contributed by atoms with van der Waals surface area (Å²) in [6.07, 6.45) is 3.55. The summed E-state index contributed by atoms with van der Waals surface area (Å²) in [6.45, 7) is 2.17. The van der Waals surface area contributed by atoms with E-state index in [2.05, 4.69) is 26.2 Å². The number of nitrogens with zero attached hydrogens (tertiary/aromatic N) is 2. The van der Waals surface area contributed by atoms with Crippen LogP contribution in [0.1, 0.15) is 22.0 Å². The number of aromatic nitrogens is 1. The number of hydrogen-bond acceptors (Lipinski definition) is 3. The normalized spacial score (nSPS) is 17.5. The predicted octanol–water partition coefficient (Wildman–Crippen LogP) is 3.71. The average Bonchev–Trinajstić information content (AvgIpc) is 2.55. The van der Waals surface area contributed by atoms with E-state index in [9.17, 15) is 4.79 Å². The Morgan fingerprint density at radius 3 is 2.91 bits per heavy atom. The fourth-order valence-electron chi connectivity index (χ4n) is 2.64. The number of pyridine rings is 1. The van der Waals surface area contributed by atoms with Gasteiger partial charge in [0.1, 0.15) is 0 Å². The topological polar surface area (TPSA) is 45.2 Å². The van der Waals surface area contributed by atoms with Crippen LogP contribution in [0.3, 0.4) is 0 Å². The summed E-state index contributed by atoms with van der Waals surface area (Å²) < 4.78 is 0.716. The van der Waals surface area contributed by atoms with Crippen LogP contribution in [0.15, 0.2) is 47.2 Å². The van der Waals surface area contributed by atoms with Crippen LogP contribution in [0, 0.1) is 0 Å². The Kier molecular flexibility index (Phi) is 6.41. The third-order valence-corrected chi connectivity index (χ3v) is 4.63. The molecule has 1 unspecified atom stereocenters. The van der Waals surface area contributed by atoms with Crippen molar-refractivity contribution in [2.75, 3.05) is 19.6 Å². The third kappa shape index (κ3) is 4.04. The van der Waals surface area contributed by atoms with Crippen molar-refractivity contribution >= 4 is 45.8 Å². The second kappa shape index (κ2) is 8.11.